The van der Waals surface area contributed by atoms with E-state index in [2.05, 4.69) is 10.6 Å². The maximum atomic E-state index is 12.5. The molecule has 0 radical (unpaired) electrons. The second-order valence-corrected chi connectivity index (χ2v) is 6.35. The Morgan fingerprint density at radius 2 is 1.67 bits per heavy atom. The maximum absolute atomic E-state index is 12.5. The first kappa shape index (κ1) is 18.3. The van der Waals surface area contributed by atoms with Crippen LogP contribution in [0, 0.1) is 0 Å². The van der Waals surface area contributed by atoms with Crippen molar-refractivity contribution in [1.82, 2.24) is 10.2 Å². The summed E-state index contributed by atoms with van der Waals surface area (Å²) in [5.74, 6) is -1.31. The number of fused-ring (bicyclic) bond motifs is 1. The number of nitrogens with one attached hydrogen (secondary N) is 2. The van der Waals surface area contributed by atoms with Gasteiger partial charge in [0.2, 0.25) is 11.8 Å². The number of rotatable bonds is 5. The van der Waals surface area contributed by atoms with Crippen molar-refractivity contribution in [1.29, 1.82) is 0 Å². The van der Waals surface area contributed by atoms with Gasteiger partial charge in [-0.1, -0.05) is 30.3 Å². The van der Waals surface area contributed by atoms with E-state index in [-0.39, 0.29) is 29.7 Å². The van der Waals surface area contributed by atoms with Crippen molar-refractivity contribution in [3.8, 4) is 0 Å². The molecule has 1 atom stereocenters. The zero-order chi connectivity index (χ0) is 19.6. The monoisotopic (exact) mass is 365 g/mol. The van der Waals surface area contributed by atoms with Crippen molar-refractivity contribution in [2.75, 3.05) is 12.4 Å². The zero-order valence-corrected chi connectivity index (χ0v) is 15.0. The number of imide groups is 1. The van der Waals surface area contributed by atoms with Crippen molar-refractivity contribution in [3.63, 3.8) is 0 Å². The molecule has 2 aromatic rings. The van der Waals surface area contributed by atoms with Crippen LogP contribution >= 0.6 is 0 Å². The molecule has 0 unspecified atom stereocenters. The average Bonchev–Trinajstić information content (AvgIpc) is 2.85. The molecule has 0 fully saturated rings. The van der Waals surface area contributed by atoms with Crippen molar-refractivity contribution in [2.45, 2.75) is 19.4 Å². The summed E-state index contributed by atoms with van der Waals surface area (Å²) >= 11 is 0. The fourth-order valence-electron chi connectivity index (χ4n) is 3.02. The molecule has 7 nitrogen and oxygen atoms in total. The van der Waals surface area contributed by atoms with Crippen molar-refractivity contribution >= 4 is 29.3 Å². The summed E-state index contributed by atoms with van der Waals surface area (Å²) in [6.45, 7) is 1.40. The van der Waals surface area contributed by atoms with Gasteiger partial charge >= 0.3 is 0 Å². The van der Waals surface area contributed by atoms with Gasteiger partial charge in [-0.2, -0.15) is 0 Å². The first-order valence-corrected chi connectivity index (χ1v) is 8.45. The average molecular weight is 365 g/mol. The molecule has 1 aliphatic rings. The molecule has 0 aliphatic carbocycles. The highest BCUT2D eigenvalue weighted by atomic mass is 16.2. The van der Waals surface area contributed by atoms with Crippen LogP contribution in [0.1, 0.15) is 45.7 Å². The molecule has 0 saturated carbocycles. The number of anilines is 1. The third-order valence-electron chi connectivity index (χ3n) is 4.34. The van der Waals surface area contributed by atoms with Crippen LogP contribution in [0.3, 0.4) is 0 Å². The third kappa shape index (κ3) is 3.87. The Balaban J connectivity index is 1.74. The molecule has 1 heterocycles. The predicted molar refractivity (Wildman–Crippen MR) is 99.1 cm³/mol. The molecule has 0 bridgehead atoms. The normalized spacial score (nSPS) is 13.9. The largest absolute Gasteiger partial charge is 0.349 e. The highest BCUT2D eigenvalue weighted by Crippen LogP contribution is 2.25. The van der Waals surface area contributed by atoms with Gasteiger partial charge in [-0.05, 0) is 23.8 Å². The lowest BCUT2D eigenvalue weighted by Crippen LogP contribution is -2.29. The minimum Gasteiger partial charge on any atom is -0.349 e. The van der Waals surface area contributed by atoms with Gasteiger partial charge in [0.25, 0.3) is 11.8 Å². The fraction of sp³-hybridized carbons (Fsp3) is 0.200. The summed E-state index contributed by atoms with van der Waals surface area (Å²) in [5, 5.41) is 5.49. The summed E-state index contributed by atoms with van der Waals surface area (Å²) in [5.41, 5.74) is 1.83. The first-order chi connectivity index (χ1) is 12.9. The van der Waals surface area contributed by atoms with Gasteiger partial charge < -0.3 is 10.6 Å². The van der Waals surface area contributed by atoms with Crippen molar-refractivity contribution < 1.29 is 19.2 Å². The molecule has 0 aromatic heterocycles. The Bertz CT molecular complexity index is 924. The molecule has 27 heavy (non-hydrogen) atoms. The van der Waals surface area contributed by atoms with Gasteiger partial charge in [0, 0.05) is 19.7 Å². The van der Waals surface area contributed by atoms with E-state index in [1.807, 2.05) is 30.3 Å². The lowest BCUT2D eigenvalue weighted by molar-refractivity contribution is -0.120. The third-order valence-corrected chi connectivity index (χ3v) is 4.34. The van der Waals surface area contributed by atoms with Gasteiger partial charge in [0.05, 0.1) is 23.6 Å². The van der Waals surface area contributed by atoms with Crippen LogP contribution in [-0.2, 0) is 9.59 Å². The van der Waals surface area contributed by atoms with Crippen molar-refractivity contribution in [3.05, 3.63) is 65.2 Å². The number of hydrogen-bond donors (Lipinski definition) is 2. The summed E-state index contributed by atoms with van der Waals surface area (Å²) in [6.07, 6.45) is 0.0352. The molecule has 2 aromatic carbocycles. The molecule has 1 aliphatic heterocycles. The maximum Gasteiger partial charge on any atom is 0.261 e. The molecule has 3 rings (SSSR count). The topological polar surface area (TPSA) is 95.6 Å². The van der Waals surface area contributed by atoms with E-state index < -0.39 is 11.9 Å². The Morgan fingerprint density at radius 3 is 2.33 bits per heavy atom. The smallest absolute Gasteiger partial charge is 0.261 e. The van der Waals surface area contributed by atoms with E-state index in [9.17, 15) is 19.2 Å². The van der Waals surface area contributed by atoms with Crippen LogP contribution in [-0.4, -0.2) is 35.6 Å². The van der Waals surface area contributed by atoms with Gasteiger partial charge in [-0.3, -0.25) is 24.1 Å². The predicted octanol–water partition coefficient (Wildman–Crippen LogP) is 2.12. The van der Waals surface area contributed by atoms with E-state index in [0.717, 1.165) is 10.5 Å². The second kappa shape index (κ2) is 7.41. The van der Waals surface area contributed by atoms with Gasteiger partial charge in [-0.25, -0.2) is 0 Å². The number of benzene rings is 2. The van der Waals surface area contributed by atoms with E-state index >= 15 is 0 Å². The van der Waals surface area contributed by atoms with E-state index in [4.69, 9.17) is 0 Å². The highest BCUT2D eigenvalue weighted by molar-refractivity contribution is 6.21. The van der Waals surface area contributed by atoms with Crippen LogP contribution in [0.4, 0.5) is 5.69 Å². The lowest BCUT2D eigenvalue weighted by Gasteiger charge is -2.18. The SMILES string of the molecule is CC(=O)N[C@H](CC(=O)Nc1ccc2c(c1)C(=O)N(C)C2=O)c1ccccc1. The lowest BCUT2D eigenvalue weighted by atomic mass is 10.0. The highest BCUT2D eigenvalue weighted by Gasteiger charge is 2.32. The van der Waals surface area contributed by atoms with Crippen LogP contribution in [0.2, 0.25) is 0 Å². The van der Waals surface area contributed by atoms with E-state index in [0.29, 0.717) is 11.3 Å². The van der Waals surface area contributed by atoms with Crippen molar-refractivity contribution in [2.24, 2.45) is 0 Å². The summed E-state index contributed by atoms with van der Waals surface area (Å²) < 4.78 is 0. The first-order valence-electron chi connectivity index (χ1n) is 8.45. The van der Waals surface area contributed by atoms with Crippen LogP contribution in [0.15, 0.2) is 48.5 Å². The molecule has 138 valence electrons. The molecule has 0 saturated heterocycles. The minimum atomic E-state index is -0.465. The standard InChI is InChI=1S/C20H19N3O4/c1-12(24)21-17(13-6-4-3-5-7-13)11-18(25)22-14-8-9-15-16(10-14)20(27)23(2)19(15)26/h3-10,17H,11H2,1-2H3,(H,21,24)(H,22,25)/t17-/m1/s1. The minimum absolute atomic E-state index is 0.0352. The molecule has 4 amide bonds. The number of amides is 4. The number of carbonyl (C=O) groups is 4. The van der Waals surface area contributed by atoms with Gasteiger partial charge in [-0.15, -0.1) is 0 Å². The number of hydrogen-bond acceptors (Lipinski definition) is 4. The second-order valence-electron chi connectivity index (χ2n) is 6.35. The Morgan fingerprint density at radius 1 is 1.00 bits per heavy atom. The Kier molecular flexibility index (Phi) is 5.03. The fourth-order valence-corrected chi connectivity index (χ4v) is 3.02. The van der Waals surface area contributed by atoms with Crippen LogP contribution < -0.4 is 10.6 Å². The van der Waals surface area contributed by atoms with Gasteiger partial charge in [0.1, 0.15) is 0 Å². The summed E-state index contributed by atoms with van der Waals surface area (Å²) in [7, 11) is 1.42. The number of nitrogens with zero attached hydrogens (tertiary/aromatic N) is 1. The van der Waals surface area contributed by atoms with Crippen LogP contribution in [0.25, 0.3) is 0 Å². The molecule has 0 spiro atoms. The quantitative estimate of drug-likeness (QED) is 0.794. The molecule has 2 N–H and O–H groups in total. The molecule has 7 heteroatoms. The summed E-state index contributed by atoms with van der Waals surface area (Å²) in [6, 6.07) is 13.3. The zero-order valence-electron chi connectivity index (χ0n) is 15.0. The number of carbonyl (C=O) groups excluding carboxylic acids is 4. The summed E-state index contributed by atoms with van der Waals surface area (Å²) in [4.78, 5) is 49.0. The van der Waals surface area contributed by atoms with E-state index in [1.165, 1.54) is 26.1 Å². The Labute approximate surface area is 156 Å². The molecular weight excluding hydrogens is 346 g/mol. The molecular formula is C20H19N3O4. The van der Waals surface area contributed by atoms with E-state index in [1.54, 1.807) is 6.07 Å². The van der Waals surface area contributed by atoms with Gasteiger partial charge in [0.15, 0.2) is 0 Å². The Hall–Kier alpha value is -3.48. The van der Waals surface area contributed by atoms with Crippen LogP contribution in [0.5, 0.6) is 0 Å².